The summed E-state index contributed by atoms with van der Waals surface area (Å²) in [6, 6.07) is 14.2. The van der Waals surface area contributed by atoms with Crippen molar-refractivity contribution in [3.8, 4) is 5.75 Å². The lowest BCUT2D eigenvalue weighted by molar-refractivity contribution is 0.359. The van der Waals surface area contributed by atoms with Gasteiger partial charge in [-0.2, -0.15) is 0 Å². The Hall–Kier alpha value is -2.75. The summed E-state index contributed by atoms with van der Waals surface area (Å²) in [6.45, 7) is 4.61. The van der Waals surface area contributed by atoms with Crippen LogP contribution in [-0.4, -0.2) is 12.6 Å². The minimum atomic E-state index is 0.409. The van der Waals surface area contributed by atoms with Crippen LogP contribution in [0.3, 0.4) is 0 Å². The molecule has 0 atom stereocenters. The number of nitrogens with one attached hydrogen (secondary N) is 1. The highest BCUT2D eigenvalue weighted by atomic mass is 16.5. The second-order valence-corrected chi connectivity index (χ2v) is 5.87. The fourth-order valence-corrected chi connectivity index (χ4v) is 2.93. The van der Waals surface area contributed by atoms with E-state index in [1.165, 1.54) is 24.0 Å². The van der Waals surface area contributed by atoms with Gasteiger partial charge in [0.1, 0.15) is 12.4 Å². The maximum atomic E-state index is 6.03. The van der Waals surface area contributed by atoms with Gasteiger partial charge in [-0.15, -0.1) is 0 Å². The summed E-state index contributed by atoms with van der Waals surface area (Å²) in [4.78, 5) is 4.43. The van der Waals surface area contributed by atoms with Crippen LogP contribution in [0.4, 0.5) is 5.69 Å². The molecule has 24 heavy (non-hydrogen) atoms. The van der Waals surface area contributed by atoms with Crippen LogP contribution in [0.5, 0.6) is 5.75 Å². The zero-order valence-corrected chi connectivity index (χ0v) is 13.8. The molecule has 0 amide bonds. The number of fused-ring (bicyclic) bond motifs is 1. The van der Waals surface area contributed by atoms with Gasteiger partial charge in [0, 0.05) is 11.3 Å². The highest BCUT2D eigenvalue weighted by Crippen LogP contribution is 2.25. The molecule has 4 heteroatoms. The maximum Gasteiger partial charge on any atom is 0.193 e. The zero-order chi connectivity index (χ0) is 16.8. The van der Waals surface area contributed by atoms with E-state index in [0.717, 1.165) is 23.4 Å². The van der Waals surface area contributed by atoms with E-state index in [2.05, 4.69) is 35.1 Å². The number of hydrogen-bond acceptors (Lipinski definition) is 2. The fraction of sp³-hybridized carbons (Fsp3) is 0.250. The van der Waals surface area contributed by atoms with E-state index < -0.39 is 0 Å². The van der Waals surface area contributed by atoms with Gasteiger partial charge in [-0.05, 0) is 48.6 Å². The number of guanidine groups is 1. The molecule has 2 aromatic rings. The second-order valence-electron chi connectivity index (χ2n) is 5.87. The molecular formula is C20H23N3O. The standard InChI is InChI=1S/C20H23N3O/c1-2-12-24-19-9-4-3-6-17(19)14-22-20(21)23-18-11-10-15-7-5-8-16(15)13-18/h2-4,6,9-11,13H,1,5,7-8,12,14H2,(H3,21,22,23). The van der Waals surface area contributed by atoms with Crippen LogP contribution in [0.15, 0.2) is 60.1 Å². The van der Waals surface area contributed by atoms with Crippen molar-refractivity contribution in [2.75, 3.05) is 11.9 Å². The van der Waals surface area contributed by atoms with E-state index in [0.29, 0.717) is 19.1 Å². The molecule has 2 aromatic carbocycles. The number of ether oxygens (including phenoxy) is 1. The Labute approximate surface area is 143 Å². The second kappa shape index (κ2) is 7.68. The Morgan fingerprint density at radius 3 is 2.92 bits per heavy atom. The van der Waals surface area contributed by atoms with Gasteiger partial charge in [-0.25, -0.2) is 4.99 Å². The Balaban J connectivity index is 1.65. The summed E-state index contributed by atoms with van der Waals surface area (Å²) >= 11 is 0. The molecule has 0 fully saturated rings. The topological polar surface area (TPSA) is 59.6 Å². The van der Waals surface area contributed by atoms with Crippen molar-refractivity contribution in [2.45, 2.75) is 25.8 Å². The van der Waals surface area contributed by atoms with Gasteiger partial charge in [0.05, 0.1) is 6.54 Å². The zero-order valence-electron chi connectivity index (χ0n) is 13.8. The van der Waals surface area contributed by atoms with E-state index in [9.17, 15) is 0 Å². The highest BCUT2D eigenvalue weighted by molar-refractivity contribution is 5.92. The van der Waals surface area contributed by atoms with Gasteiger partial charge in [0.25, 0.3) is 0 Å². The van der Waals surface area contributed by atoms with E-state index in [1.807, 2.05) is 24.3 Å². The highest BCUT2D eigenvalue weighted by Gasteiger charge is 2.11. The van der Waals surface area contributed by atoms with Crippen LogP contribution in [0.25, 0.3) is 0 Å². The van der Waals surface area contributed by atoms with Crippen LogP contribution in [0.2, 0.25) is 0 Å². The Kier molecular flexibility index (Phi) is 5.16. The van der Waals surface area contributed by atoms with Crippen molar-refractivity contribution < 1.29 is 4.74 Å². The molecule has 124 valence electrons. The van der Waals surface area contributed by atoms with Gasteiger partial charge in [-0.1, -0.05) is 36.9 Å². The first-order valence-electron chi connectivity index (χ1n) is 8.26. The largest absolute Gasteiger partial charge is 0.489 e. The Morgan fingerprint density at radius 2 is 2.04 bits per heavy atom. The monoisotopic (exact) mass is 321 g/mol. The molecule has 0 radical (unpaired) electrons. The van der Waals surface area contributed by atoms with Gasteiger partial charge in [0.15, 0.2) is 5.96 Å². The minimum absolute atomic E-state index is 0.409. The Bertz CT molecular complexity index is 752. The molecule has 4 nitrogen and oxygen atoms in total. The van der Waals surface area contributed by atoms with Crippen LogP contribution >= 0.6 is 0 Å². The third-order valence-corrected chi connectivity index (χ3v) is 4.12. The first-order chi connectivity index (χ1) is 11.8. The third kappa shape index (κ3) is 3.96. The summed E-state index contributed by atoms with van der Waals surface area (Å²) in [5, 5.41) is 3.18. The summed E-state index contributed by atoms with van der Waals surface area (Å²) in [5.41, 5.74) is 10.9. The normalized spacial score (nSPS) is 13.4. The van der Waals surface area contributed by atoms with Crippen molar-refractivity contribution in [1.82, 2.24) is 0 Å². The van der Waals surface area contributed by atoms with Crippen molar-refractivity contribution >= 4 is 11.6 Å². The number of benzene rings is 2. The Morgan fingerprint density at radius 1 is 1.21 bits per heavy atom. The van der Waals surface area contributed by atoms with Gasteiger partial charge in [-0.3, -0.25) is 0 Å². The van der Waals surface area contributed by atoms with E-state index >= 15 is 0 Å². The van der Waals surface area contributed by atoms with Crippen molar-refractivity contribution in [2.24, 2.45) is 10.7 Å². The van der Waals surface area contributed by atoms with Crippen LogP contribution in [0, 0.1) is 0 Å². The number of aryl methyl sites for hydroxylation is 2. The van der Waals surface area contributed by atoms with Crippen molar-refractivity contribution in [3.05, 3.63) is 71.8 Å². The minimum Gasteiger partial charge on any atom is -0.489 e. The number of nitrogens with two attached hydrogens (primary N) is 1. The molecule has 0 heterocycles. The number of anilines is 1. The molecule has 3 N–H and O–H groups in total. The molecule has 0 aromatic heterocycles. The van der Waals surface area contributed by atoms with Crippen LogP contribution in [-0.2, 0) is 19.4 Å². The summed E-state index contributed by atoms with van der Waals surface area (Å²) in [5.74, 6) is 1.22. The van der Waals surface area contributed by atoms with Crippen LogP contribution < -0.4 is 15.8 Å². The molecule has 1 aliphatic rings. The van der Waals surface area contributed by atoms with Gasteiger partial charge < -0.3 is 15.8 Å². The molecule has 3 rings (SSSR count). The lowest BCUT2D eigenvalue weighted by Gasteiger charge is -2.10. The molecule has 0 aliphatic heterocycles. The summed E-state index contributed by atoms with van der Waals surface area (Å²) < 4.78 is 5.64. The molecule has 0 bridgehead atoms. The number of nitrogens with zero attached hydrogens (tertiary/aromatic N) is 1. The summed E-state index contributed by atoms with van der Waals surface area (Å²) in [6.07, 6.45) is 5.30. The third-order valence-electron chi connectivity index (χ3n) is 4.12. The lowest BCUT2D eigenvalue weighted by Crippen LogP contribution is -2.22. The maximum absolute atomic E-state index is 6.03. The number of rotatable bonds is 6. The van der Waals surface area contributed by atoms with Gasteiger partial charge in [0.2, 0.25) is 0 Å². The number of hydrogen-bond donors (Lipinski definition) is 2. The molecular weight excluding hydrogens is 298 g/mol. The SMILES string of the molecule is C=CCOc1ccccc1CN=C(N)Nc1ccc2c(c1)CCC2. The first kappa shape index (κ1) is 16.1. The molecule has 0 saturated heterocycles. The molecule has 0 unspecified atom stereocenters. The average Bonchev–Trinajstić information content (AvgIpc) is 3.06. The fourth-order valence-electron chi connectivity index (χ4n) is 2.93. The van der Waals surface area contributed by atoms with E-state index in [-0.39, 0.29) is 0 Å². The smallest absolute Gasteiger partial charge is 0.193 e. The lowest BCUT2D eigenvalue weighted by atomic mass is 10.1. The first-order valence-corrected chi connectivity index (χ1v) is 8.26. The van der Waals surface area contributed by atoms with Crippen molar-refractivity contribution in [3.63, 3.8) is 0 Å². The molecule has 0 spiro atoms. The van der Waals surface area contributed by atoms with Gasteiger partial charge >= 0.3 is 0 Å². The molecule has 1 aliphatic carbocycles. The number of para-hydroxylation sites is 1. The van der Waals surface area contributed by atoms with Crippen LogP contribution in [0.1, 0.15) is 23.1 Å². The number of aliphatic imine (C=N–C) groups is 1. The molecule has 0 saturated carbocycles. The predicted octanol–water partition coefficient (Wildman–Crippen LogP) is 3.67. The summed E-state index contributed by atoms with van der Waals surface area (Å²) in [7, 11) is 0. The van der Waals surface area contributed by atoms with E-state index in [1.54, 1.807) is 6.08 Å². The predicted molar refractivity (Wildman–Crippen MR) is 99.6 cm³/mol. The van der Waals surface area contributed by atoms with E-state index in [4.69, 9.17) is 10.5 Å². The van der Waals surface area contributed by atoms with Crippen molar-refractivity contribution in [1.29, 1.82) is 0 Å². The average molecular weight is 321 g/mol. The quantitative estimate of drug-likeness (QED) is 0.485.